The van der Waals surface area contributed by atoms with E-state index >= 15 is 0 Å². The second-order valence-corrected chi connectivity index (χ2v) is 9.27. The lowest BCUT2D eigenvalue weighted by atomic mass is 10.2. The minimum Gasteiger partial charge on any atom is -0.355 e. The predicted molar refractivity (Wildman–Crippen MR) is 117 cm³/mol. The van der Waals surface area contributed by atoms with Crippen LogP contribution in [0.3, 0.4) is 0 Å². The van der Waals surface area contributed by atoms with Crippen molar-refractivity contribution in [1.82, 2.24) is 20.4 Å². The normalized spacial score (nSPS) is 21.7. The summed E-state index contributed by atoms with van der Waals surface area (Å²) >= 11 is 2.00. The molecule has 1 aromatic rings. The lowest BCUT2D eigenvalue weighted by Gasteiger charge is -2.37. The van der Waals surface area contributed by atoms with Crippen LogP contribution in [0.5, 0.6) is 0 Å². The Hall–Kier alpha value is -1.24. The Morgan fingerprint density at radius 2 is 1.85 bits per heavy atom. The van der Waals surface area contributed by atoms with Gasteiger partial charge in [0.05, 0.1) is 0 Å². The Kier molecular flexibility index (Phi) is 7.44. The molecule has 27 heavy (non-hydrogen) atoms. The summed E-state index contributed by atoms with van der Waals surface area (Å²) in [5.41, 5.74) is 0. The summed E-state index contributed by atoms with van der Waals surface area (Å²) in [6, 6.07) is 11.3. The number of nitrogens with one attached hydrogen (secondary N) is 2. The molecule has 1 atom stereocenters. The van der Waals surface area contributed by atoms with Crippen molar-refractivity contribution < 1.29 is 0 Å². The molecule has 3 rings (SSSR count). The van der Waals surface area contributed by atoms with Gasteiger partial charge in [-0.25, -0.2) is 0 Å². The molecule has 1 heterocycles. The monoisotopic (exact) mass is 389 g/mol. The largest absolute Gasteiger partial charge is 0.355 e. The minimum absolute atomic E-state index is 0.334. The summed E-state index contributed by atoms with van der Waals surface area (Å²) in [7, 11) is 1.87. The molecule has 1 aromatic carbocycles. The lowest BCUT2D eigenvalue weighted by molar-refractivity contribution is 0.107. The van der Waals surface area contributed by atoms with Crippen LogP contribution in [0.1, 0.15) is 26.7 Å². The Bertz CT molecular complexity index is 594. The quantitative estimate of drug-likeness (QED) is 0.528. The van der Waals surface area contributed by atoms with Crippen LogP contribution in [0.4, 0.5) is 0 Å². The Balaban J connectivity index is 1.39. The maximum absolute atomic E-state index is 4.43. The molecule has 0 spiro atoms. The highest BCUT2D eigenvalue weighted by molar-refractivity contribution is 8.01. The molecule has 1 unspecified atom stereocenters. The van der Waals surface area contributed by atoms with Crippen molar-refractivity contribution in [2.75, 3.05) is 52.9 Å². The van der Waals surface area contributed by atoms with Gasteiger partial charge < -0.3 is 15.5 Å². The van der Waals surface area contributed by atoms with Crippen molar-refractivity contribution in [2.24, 2.45) is 4.99 Å². The fourth-order valence-corrected chi connectivity index (χ4v) is 4.80. The van der Waals surface area contributed by atoms with E-state index in [4.69, 9.17) is 0 Å². The molecule has 0 amide bonds. The topological polar surface area (TPSA) is 42.9 Å². The molecular weight excluding hydrogens is 354 g/mol. The second kappa shape index (κ2) is 9.80. The average molecular weight is 390 g/mol. The van der Waals surface area contributed by atoms with Crippen LogP contribution >= 0.6 is 11.8 Å². The lowest BCUT2D eigenvalue weighted by Crippen LogP contribution is -2.53. The zero-order valence-electron chi connectivity index (χ0n) is 17.1. The number of hydrogen-bond donors (Lipinski definition) is 2. The number of rotatable bonds is 8. The third kappa shape index (κ3) is 6.13. The molecule has 2 N–H and O–H groups in total. The molecule has 150 valence electrons. The summed E-state index contributed by atoms with van der Waals surface area (Å²) < 4.78 is 0.334. The molecule has 0 bridgehead atoms. The maximum atomic E-state index is 4.43. The van der Waals surface area contributed by atoms with E-state index in [9.17, 15) is 0 Å². The van der Waals surface area contributed by atoms with Crippen molar-refractivity contribution >= 4 is 17.7 Å². The third-order valence-corrected chi connectivity index (χ3v) is 7.22. The van der Waals surface area contributed by atoms with Gasteiger partial charge in [0.1, 0.15) is 0 Å². The van der Waals surface area contributed by atoms with Crippen LogP contribution in [-0.2, 0) is 0 Å². The van der Waals surface area contributed by atoms with E-state index in [1.807, 2.05) is 18.8 Å². The number of aliphatic imine (C=N–C) groups is 1. The molecule has 6 heteroatoms. The van der Waals surface area contributed by atoms with Gasteiger partial charge in [0.2, 0.25) is 0 Å². The Morgan fingerprint density at radius 3 is 2.44 bits per heavy atom. The van der Waals surface area contributed by atoms with Crippen molar-refractivity contribution in [3.05, 3.63) is 30.3 Å². The fourth-order valence-electron chi connectivity index (χ4n) is 3.55. The summed E-state index contributed by atoms with van der Waals surface area (Å²) in [4.78, 5) is 10.9. The van der Waals surface area contributed by atoms with Gasteiger partial charge in [-0.15, -0.1) is 11.8 Å². The first-order valence-electron chi connectivity index (χ1n) is 10.3. The van der Waals surface area contributed by atoms with E-state index in [0.717, 1.165) is 19.0 Å². The summed E-state index contributed by atoms with van der Waals surface area (Å²) in [6.45, 7) is 12.3. The summed E-state index contributed by atoms with van der Waals surface area (Å²) in [5, 5.41) is 7.09. The van der Waals surface area contributed by atoms with Crippen molar-refractivity contribution in [3.8, 4) is 0 Å². The van der Waals surface area contributed by atoms with Gasteiger partial charge in [-0.1, -0.05) is 25.1 Å². The summed E-state index contributed by atoms with van der Waals surface area (Å²) in [5.74, 6) is 0.925. The molecule has 1 saturated heterocycles. The second-order valence-electron chi connectivity index (χ2n) is 7.72. The molecule has 2 aliphatic rings. The molecule has 0 aromatic heterocycles. The highest BCUT2D eigenvalue weighted by Gasteiger charge is 2.43. The van der Waals surface area contributed by atoms with Gasteiger partial charge in [-0.3, -0.25) is 9.89 Å². The van der Waals surface area contributed by atoms with Gasteiger partial charge in [-0.2, -0.15) is 0 Å². The molecule has 5 nitrogen and oxygen atoms in total. The van der Waals surface area contributed by atoms with Gasteiger partial charge in [0.25, 0.3) is 0 Å². The number of piperazine rings is 1. The van der Waals surface area contributed by atoms with Crippen LogP contribution in [0.25, 0.3) is 0 Å². The molecule has 1 saturated carbocycles. The summed E-state index contributed by atoms with van der Waals surface area (Å²) in [6.07, 6.45) is 2.54. The Labute approximate surface area is 169 Å². The maximum Gasteiger partial charge on any atom is 0.191 e. The third-order valence-electron chi connectivity index (χ3n) is 5.73. The van der Waals surface area contributed by atoms with Crippen LogP contribution in [-0.4, -0.2) is 79.4 Å². The van der Waals surface area contributed by atoms with Crippen LogP contribution in [0, 0.1) is 0 Å². The fraction of sp³-hybridized carbons (Fsp3) is 0.667. The highest BCUT2D eigenvalue weighted by Crippen LogP contribution is 2.51. The number of guanidine groups is 1. The van der Waals surface area contributed by atoms with E-state index < -0.39 is 0 Å². The number of nitrogens with zero attached hydrogens (tertiary/aromatic N) is 3. The van der Waals surface area contributed by atoms with Crippen molar-refractivity contribution in [3.63, 3.8) is 0 Å². The first kappa shape index (κ1) is 20.5. The predicted octanol–water partition coefficient (Wildman–Crippen LogP) is 2.50. The zero-order valence-corrected chi connectivity index (χ0v) is 17.9. The van der Waals surface area contributed by atoms with Crippen LogP contribution < -0.4 is 10.6 Å². The molecule has 1 aliphatic carbocycles. The van der Waals surface area contributed by atoms with Crippen LogP contribution in [0.2, 0.25) is 0 Å². The zero-order chi connectivity index (χ0) is 19.1. The van der Waals surface area contributed by atoms with Gasteiger partial charge in [0, 0.05) is 62.0 Å². The van der Waals surface area contributed by atoms with E-state index in [-0.39, 0.29) is 0 Å². The van der Waals surface area contributed by atoms with Crippen molar-refractivity contribution in [2.45, 2.75) is 42.4 Å². The standard InChI is InChI=1S/C21H35N5S/c1-4-25-12-14-26(15-13-25)18(2)16-23-20(22-3)24-17-21(10-11-21)27-19-8-6-5-7-9-19/h5-9,18H,4,10-17H2,1-3H3,(H2,22,23,24). The first-order valence-corrected chi connectivity index (χ1v) is 11.1. The van der Waals surface area contributed by atoms with Crippen molar-refractivity contribution in [1.29, 1.82) is 0 Å². The van der Waals surface area contributed by atoms with Gasteiger partial charge >= 0.3 is 0 Å². The van der Waals surface area contributed by atoms with Gasteiger partial charge in [-0.05, 0) is 38.4 Å². The molecular formula is C21H35N5S. The molecule has 2 fully saturated rings. The number of likely N-dealkylation sites (N-methyl/N-ethyl adjacent to an activating group) is 1. The van der Waals surface area contributed by atoms with E-state index in [0.29, 0.717) is 10.8 Å². The number of benzene rings is 1. The molecule has 0 radical (unpaired) electrons. The first-order chi connectivity index (χ1) is 13.1. The number of thioether (sulfide) groups is 1. The van der Waals surface area contributed by atoms with E-state index in [2.05, 4.69) is 69.6 Å². The number of hydrogen-bond acceptors (Lipinski definition) is 4. The van der Waals surface area contributed by atoms with Crippen LogP contribution in [0.15, 0.2) is 40.2 Å². The highest BCUT2D eigenvalue weighted by atomic mass is 32.2. The Morgan fingerprint density at radius 1 is 1.15 bits per heavy atom. The smallest absolute Gasteiger partial charge is 0.191 e. The minimum atomic E-state index is 0.334. The average Bonchev–Trinajstić information content (AvgIpc) is 3.48. The van der Waals surface area contributed by atoms with Gasteiger partial charge in [0.15, 0.2) is 5.96 Å². The molecule has 1 aliphatic heterocycles. The SMILES string of the molecule is CCN1CCN(C(C)CNC(=NC)NCC2(Sc3ccccc3)CC2)CC1. The van der Waals surface area contributed by atoms with E-state index in [1.165, 1.54) is 50.5 Å². The van der Waals surface area contributed by atoms with E-state index in [1.54, 1.807) is 0 Å².